The van der Waals surface area contributed by atoms with Gasteiger partial charge in [0.1, 0.15) is 4.21 Å². The quantitative estimate of drug-likeness (QED) is 0.916. The van der Waals surface area contributed by atoms with Crippen LogP contribution in [-0.4, -0.2) is 27.2 Å². The van der Waals surface area contributed by atoms with Gasteiger partial charge in [0, 0.05) is 13.2 Å². The molecule has 96 valence electrons. The Morgan fingerprint density at radius 1 is 1.59 bits per heavy atom. The Morgan fingerprint density at radius 3 is 2.88 bits per heavy atom. The maximum Gasteiger partial charge on any atom is 0.250 e. The predicted octanol–water partition coefficient (Wildman–Crippen LogP) is 2.36. The molecule has 1 aromatic heterocycles. The number of hydrogen-bond acceptors (Lipinski definition) is 4. The maximum absolute atomic E-state index is 12.0. The Balaban J connectivity index is 2.03. The number of ether oxygens (including phenoxy) is 1. The van der Waals surface area contributed by atoms with Crippen LogP contribution in [0.3, 0.4) is 0 Å². The van der Waals surface area contributed by atoms with Crippen molar-refractivity contribution in [1.29, 1.82) is 0 Å². The van der Waals surface area contributed by atoms with Crippen molar-refractivity contribution in [2.75, 3.05) is 13.2 Å². The summed E-state index contributed by atoms with van der Waals surface area (Å²) in [5, 5.41) is 0. The minimum atomic E-state index is -3.41. The van der Waals surface area contributed by atoms with Gasteiger partial charge in [-0.25, -0.2) is 13.1 Å². The van der Waals surface area contributed by atoms with Gasteiger partial charge in [0.25, 0.3) is 0 Å². The highest BCUT2D eigenvalue weighted by Gasteiger charge is 2.31. The highest BCUT2D eigenvalue weighted by Crippen LogP contribution is 2.27. The van der Waals surface area contributed by atoms with Gasteiger partial charge >= 0.3 is 0 Å². The van der Waals surface area contributed by atoms with E-state index in [0.29, 0.717) is 17.4 Å². The van der Waals surface area contributed by atoms with Crippen LogP contribution < -0.4 is 4.72 Å². The maximum atomic E-state index is 12.0. The highest BCUT2D eigenvalue weighted by atomic mass is 79.9. The number of rotatable bonds is 4. The van der Waals surface area contributed by atoms with Crippen LogP contribution in [0.5, 0.6) is 0 Å². The minimum absolute atomic E-state index is 0.324. The molecule has 4 nitrogen and oxygen atoms in total. The van der Waals surface area contributed by atoms with Gasteiger partial charge in [-0.05, 0) is 47.8 Å². The highest BCUT2D eigenvalue weighted by molar-refractivity contribution is 9.11. The number of sulfonamides is 1. The molecule has 1 fully saturated rings. The van der Waals surface area contributed by atoms with Crippen LogP contribution in [0, 0.1) is 0 Å². The van der Waals surface area contributed by atoms with Gasteiger partial charge in [0.15, 0.2) is 0 Å². The number of halogens is 1. The zero-order chi connectivity index (χ0) is 12.5. The molecule has 0 amide bonds. The Bertz CT molecular complexity index is 491. The Hall–Kier alpha value is 0.0500. The SMILES string of the molecule is CC1(CNS(=O)(=O)c2ccc(Br)s2)CCCO1. The molecule has 0 aliphatic carbocycles. The van der Waals surface area contributed by atoms with Crippen molar-refractivity contribution in [3.8, 4) is 0 Å². The molecular formula is C10H14BrNO3S2. The zero-order valence-corrected chi connectivity index (χ0v) is 12.6. The van der Waals surface area contributed by atoms with E-state index in [1.807, 2.05) is 6.92 Å². The third-order valence-corrected chi connectivity index (χ3v) is 6.27. The van der Waals surface area contributed by atoms with Gasteiger partial charge in [-0.3, -0.25) is 0 Å². The Morgan fingerprint density at radius 2 is 2.35 bits per heavy atom. The topological polar surface area (TPSA) is 55.4 Å². The van der Waals surface area contributed by atoms with Gasteiger partial charge < -0.3 is 4.74 Å². The van der Waals surface area contributed by atoms with Crippen molar-refractivity contribution in [1.82, 2.24) is 4.72 Å². The lowest BCUT2D eigenvalue weighted by atomic mass is 10.0. The first-order chi connectivity index (χ1) is 7.91. The summed E-state index contributed by atoms with van der Waals surface area (Å²) in [6.45, 7) is 2.97. The molecule has 1 aliphatic heterocycles. The fourth-order valence-corrected chi connectivity index (χ4v) is 4.95. The van der Waals surface area contributed by atoms with E-state index in [9.17, 15) is 8.42 Å². The van der Waals surface area contributed by atoms with E-state index < -0.39 is 10.0 Å². The molecule has 2 heterocycles. The normalized spacial score (nSPS) is 25.3. The van der Waals surface area contributed by atoms with Crippen LogP contribution in [-0.2, 0) is 14.8 Å². The van der Waals surface area contributed by atoms with E-state index >= 15 is 0 Å². The van der Waals surface area contributed by atoms with E-state index in [1.165, 1.54) is 11.3 Å². The molecule has 1 aromatic rings. The van der Waals surface area contributed by atoms with Crippen LogP contribution >= 0.6 is 27.3 Å². The summed E-state index contributed by atoms with van der Waals surface area (Å²) >= 11 is 4.46. The molecule has 0 bridgehead atoms. The molecule has 1 saturated heterocycles. The van der Waals surface area contributed by atoms with Gasteiger partial charge in [-0.1, -0.05) is 0 Å². The van der Waals surface area contributed by atoms with E-state index in [0.717, 1.165) is 16.6 Å². The van der Waals surface area contributed by atoms with Crippen molar-refractivity contribution < 1.29 is 13.2 Å². The van der Waals surface area contributed by atoms with Crippen LogP contribution in [0.4, 0.5) is 0 Å². The molecular weight excluding hydrogens is 326 g/mol. The number of thiophene rings is 1. The predicted molar refractivity (Wildman–Crippen MR) is 70.8 cm³/mol. The van der Waals surface area contributed by atoms with Gasteiger partial charge in [0.2, 0.25) is 10.0 Å². The van der Waals surface area contributed by atoms with Gasteiger partial charge in [-0.2, -0.15) is 0 Å². The second kappa shape index (κ2) is 4.97. The molecule has 1 atom stereocenters. The molecule has 1 aliphatic rings. The Labute approximate surface area is 114 Å². The second-order valence-corrected chi connectivity index (χ2v) is 8.74. The Kier molecular flexibility index (Phi) is 3.94. The fourth-order valence-electron chi connectivity index (χ4n) is 1.74. The summed E-state index contributed by atoms with van der Waals surface area (Å²) in [5.74, 6) is 0. The van der Waals surface area contributed by atoms with Crippen LogP contribution in [0.25, 0.3) is 0 Å². The van der Waals surface area contributed by atoms with E-state index in [4.69, 9.17) is 4.74 Å². The first-order valence-corrected chi connectivity index (χ1v) is 8.40. The van der Waals surface area contributed by atoms with Crippen molar-refractivity contribution in [3.63, 3.8) is 0 Å². The molecule has 7 heteroatoms. The molecule has 1 N–H and O–H groups in total. The van der Waals surface area contributed by atoms with Crippen molar-refractivity contribution in [3.05, 3.63) is 15.9 Å². The summed E-state index contributed by atoms with van der Waals surface area (Å²) in [4.78, 5) is 0. The average molecular weight is 340 g/mol. The van der Waals surface area contributed by atoms with Crippen LogP contribution in [0.15, 0.2) is 20.1 Å². The van der Waals surface area contributed by atoms with E-state index in [1.54, 1.807) is 12.1 Å². The van der Waals surface area contributed by atoms with Crippen molar-refractivity contribution in [2.45, 2.75) is 29.6 Å². The molecule has 2 rings (SSSR count). The lowest BCUT2D eigenvalue weighted by Crippen LogP contribution is -2.39. The smallest absolute Gasteiger partial charge is 0.250 e. The summed E-state index contributed by atoms with van der Waals surface area (Å²) in [5.41, 5.74) is -0.360. The molecule has 0 saturated carbocycles. The van der Waals surface area contributed by atoms with E-state index in [2.05, 4.69) is 20.7 Å². The van der Waals surface area contributed by atoms with E-state index in [-0.39, 0.29) is 5.60 Å². The first-order valence-electron chi connectivity index (χ1n) is 5.30. The molecule has 0 spiro atoms. The summed E-state index contributed by atoms with van der Waals surface area (Å²) in [7, 11) is -3.41. The van der Waals surface area contributed by atoms with Crippen molar-refractivity contribution in [2.24, 2.45) is 0 Å². The summed E-state index contributed by atoms with van der Waals surface area (Å²) < 4.78 is 33.2. The van der Waals surface area contributed by atoms with Gasteiger partial charge in [0.05, 0.1) is 9.39 Å². The molecule has 0 aromatic carbocycles. The summed E-state index contributed by atoms with van der Waals surface area (Å²) in [6.07, 6.45) is 1.88. The zero-order valence-electron chi connectivity index (χ0n) is 9.40. The van der Waals surface area contributed by atoms with Gasteiger partial charge in [-0.15, -0.1) is 11.3 Å². The molecule has 1 unspecified atom stereocenters. The average Bonchev–Trinajstić information content (AvgIpc) is 2.86. The van der Waals surface area contributed by atoms with Crippen LogP contribution in [0.1, 0.15) is 19.8 Å². The molecule has 0 radical (unpaired) electrons. The molecule has 17 heavy (non-hydrogen) atoms. The number of nitrogens with one attached hydrogen (secondary N) is 1. The second-order valence-electron chi connectivity index (χ2n) is 4.29. The number of hydrogen-bond donors (Lipinski definition) is 1. The van der Waals surface area contributed by atoms with Crippen LogP contribution in [0.2, 0.25) is 0 Å². The first kappa shape index (κ1) is 13.5. The monoisotopic (exact) mass is 339 g/mol. The third kappa shape index (κ3) is 3.29. The lowest BCUT2D eigenvalue weighted by Gasteiger charge is -2.22. The summed E-state index contributed by atoms with van der Waals surface area (Å²) in [6, 6.07) is 3.32. The largest absolute Gasteiger partial charge is 0.374 e. The minimum Gasteiger partial charge on any atom is -0.374 e. The lowest BCUT2D eigenvalue weighted by molar-refractivity contribution is 0.0250. The van der Waals surface area contributed by atoms with Crippen molar-refractivity contribution >= 4 is 37.3 Å². The third-order valence-electron chi connectivity index (χ3n) is 2.75. The standard InChI is InChI=1S/C10H14BrNO3S2/c1-10(5-2-6-15-10)7-12-17(13,14)9-4-3-8(11)16-9/h3-4,12H,2,5-7H2,1H3. The fraction of sp³-hybridized carbons (Fsp3) is 0.600.